The van der Waals surface area contributed by atoms with Crippen LogP contribution in [0.25, 0.3) is 0 Å². The molecule has 1 aromatic rings. The SMILES string of the molecule is CC(C)=CCOc1ccc(Br)c(C)c1. The first-order valence-corrected chi connectivity index (χ1v) is 5.41. The van der Waals surface area contributed by atoms with Crippen LogP contribution < -0.4 is 4.74 Å². The highest BCUT2D eigenvalue weighted by Gasteiger charge is 1.96. The minimum atomic E-state index is 0.642. The molecule has 0 saturated heterocycles. The van der Waals surface area contributed by atoms with Crippen molar-refractivity contribution in [1.82, 2.24) is 0 Å². The molecule has 14 heavy (non-hydrogen) atoms. The maximum atomic E-state index is 5.56. The second-order valence-electron chi connectivity index (χ2n) is 3.50. The van der Waals surface area contributed by atoms with Gasteiger partial charge >= 0.3 is 0 Å². The van der Waals surface area contributed by atoms with Crippen LogP contribution in [0.3, 0.4) is 0 Å². The average molecular weight is 255 g/mol. The van der Waals surface area contributed by atoms with Crippen molar-refractivity contribution in [3.05, 3.63) is 39.9 Å². The van der Waals surface area contributed by atoms with Crippen molar-refractivity contribution in [2.45, 2.75) is 20.8 Å². The van der Waals surface area contributed by atoms with Crippen molar-refractivity contribution in [1.29, 1.82) is 0 Å². The lowest BCUT2D eigenvalue weighted by atomic mass is 10.2. The summed E-state index contributed by atoms with van der Waals surface area (Å²) in [5, 5.41) is 0. The molecule has 0 heterocycles. The molecule has 2 heteroatoms. The molecule has 0 aliphatic rings. The van der Waals surface area contributed by atoms with Gasteiger partial charge in [-0.15, -0.1) is 0 Å². The third kappa shape index (κ3) is 3.54. The molecule has 0 fully saturated rings. The molecule has 0 bridgehead atoms. The van der Waals surface area contributed by atoms with Crippen molar-refractivity contribution in [2.24, 2.45) is 0 Å². The summed E-state index contributed by atoms with van der Waals surface area (Å²) in [4.78, 5) is 0. The smallest absolute Gasteiger partial charge is 0.120 e. The monoisotopic (exact) mass is 254 g/mol. The van der Waals surface area contributed by atoms with E-state index in [4.69, 9.17) is 4.74 Å². The number of hydrogen-bond donors (Lipinski definition) is 0. The van der Waals surface area contributed by atoms with E-state index < -0.39 is 0 Å². The van der Waals surface area contributed by atoms with Crippen molar-refractivity contribution in [3.63, 3.8) is 0 Å². The number of aryl methyl sites for hydroxylation is 1. The molecule has 0 atom stereocenters. The predicted octanol–water partition coefficient (Wildman–Crippen LogP) is 4.10. The standard InChI is InChI=1S/C12H15BrO/c1-9(2)6-7-14-11-4-5-12(13)10(3)8-11/h4-6,8H,7H2,1-3H3. The molecule has 0 saturated carbocycles. The number of benzene rings is 1. The third-order valence-corrected chi connectivity index (χ3v) is 2.76. The van der Waals surface area contributed by atoms with Crippen LogP contribution in [0.2, 0.25) is 0 Å². The van der Waals surface area contributed by atoms with E-state index in [0.717, 1.165) is 10.2 Å². The summed E-state index contributed by atoms with van der Waals surface area (Å²) >= 11 is 3.45. The average Bonchev–Trinajstić information content (AvgIpc) is 2.10. The van der Waals surface area contributed by atoms with E-state index in [0.29, 0.717) is 6.61 Å². The Morgan fingerprint density at radius 3 is 2.71 bits per heavy atom. The van der Waals surface area contributed by atoms with Gasteiger partial charge < -0.3 is 4.74 Å². The van der Waals surface area contributed by atoms with Gasteiger partial charge in [0.05, 0.1) is 0 Å². The van der Waals surface area contributed by atoms with Gasteiger partial charge in [0.15, 0.2) is 0 Å². The highest BCUT2D eigenvalue weighted by molar-refractivity contribution is 9.10. The fraction of sp³-hybridized carbons (Fsp3) is 0.333. The first-order valence-electron chi connectivity index (χ1n) is 4.62. The Bertz CT molecular complexity index is 338. The lowest BCUT2D eigenvalue weighted by Crippen LogP contribution is -1.94. The molecule has 0 unspecified atom stereocenters. The summed E-state index contributed by atoms with van der Waals surface area (Å²) in [5.41, 5.74) is 2.47. The van der Waals surface area contributed by atoms with Crippen LogP contribution in [0, 0.1) is 6.92 Å². The zero-order valence-electron chi connectivity index (χ0n) is 8.80. The lowest BCUT2D eigenvalue weighted by Gasteiger charge is -2.05. The summed E-state index contributed by atoms with van der Waals surface area (Å²) in [6.45, 7) is 6.83. The summed E-state index contributed by atoms with van der Waals surface area (Å²) in [6, 6.07) is 6.01. The topological polar surface area (TPSA) is 9.23 Å². The summed E-state index contributed by atoms with van der Waals surface area (Å²) < 4.78 is 6.67. The summed E-state index contributed by atoms with van der Waals surface area (Å²) in [7, 11) is 0. The molecule has 1 nitrogen and oxygen atoms in total. The van der Waals surface area contributed by atoms with Crippen LogP contribution in [0.5, 0.6) is 5.75 Å². The van der Waals surface area contributed by atoms with E-state index in [1.165, 1.54) is 11.1 Å². The molecule has 1 aromatic carbocycles. The molecule has 0 N–H and O–H groups in total. The van der Waals surface area contributed by atoms with Crippen LogP contribution in [0.15, 0.2) is 34.3 Å². The highest BCUT2D eigenvalue weighted by atomic mass is 79.9. The first-order chi connectivity index (χ1) is 6.59. The molecule has 0 radical (unpaired) electrons. The Balaban J connectivity index is 2.60. The van der Waals surface area contributed by atoms with Crippen LogP contribution in [-0.2, 0) is 0 Å². The molecule has 0 aliphatic heterocycles. The van der Waals surface area contributed by atoms with Gasteiger partial charge in [0.1, 0.15) is 12.4 Å². The van der Waals surface area contributed by atoms with E-state index in [1.807, 2.05) is 18.2 Å². The quantitative estimate of drug-likeness (QED) is 0.739. The molecule has 0 aromatic heterocycles. The minimum Gasteiger partial charge on any atom is -0.490 e. The number of ether oxygens (including phenoxy) is 1. The Morgan fingerprint density at radius 1 is 1.43 bits per heavy atom. The number of halogens is 1. The van der Waals surface area contributed by atoms with Gasteiger partial charge in [-0.3, -0.25) is 0 Å². The molecular weight excluding hydrogens is 240 g/mol. The molecular formula is C12H15BrO. The molecule has 1 rings (SSSR count). The Kier molecular flexibility index (Phi) is 4.21. The zero-order chi connectivity index (χ0) is 10.6. The van der Waals surface area contributed by atoms with Crippen molar-refractivity contribution >= 4 is 15.9 Å². The summed E-state index contributed by atoms with van der Waals surface area (Å²) in [5.74, 6) is 0.920. The van der Waals surface area contributed by atoms with E-state index in [2.05, 4.69) is 42.8 Å². The maximum absolute atomic E-state index is 5.56. The Labute approximate surface area is 93.9 Å². The van der Waals surface area contributed by atoms with E-state index in [1.54, 1.807) is 0 Å². The molecule has 76 valence electrons. The number of hydrogen-bond acceptors (Lipinski definition) is 1. The number of rotatable bonds is 3. The van der Waals surface area contributed by atoms with Crippen LogP contribution >= 0.6 is 15.9 Å². The fourth-order valence-corrected chi connectivity index (χ4v) is 1.26. The second-order valence-corrected chi connectivity index (χ2v) is 4.36. The van der Waals surface area contributed by atoms with Crippen molar-refractivity contribution in [3.8, 4) is 5.75 Å². The van der Waals surface area contributed by atoms with E-state index >= 15 is 0 Å². The largest absolute Gasteiger partial charge is 0.490 e. The molecule has 0 aliphatic carbocycles. The normalized spacial score (nSPS) is 9.71. The van der Waals surface area contributed by atoms with Crippen LogP contribution in [0.1, 0.15) is 19.4 Å². The molecule has 0 amide bonds. The van der Waals surface area contributed by atoms with Crippen LogP contribution in [-0.4, -0.2) is 6.61 Å². The maximum Gasteiger partial charge on any atom is 0.120 e. The highest BCUT2D eigenvalue weighted by Crippen LogP contribution is 2.21. The van der Waals surface area contributed by atoms with Gasteiger partial charge in [-0.05, 0) is 50.6 Å². The molecule has 0 spiro atoms. The van der Waals surface area contributed by atoms with Gasteiger partial charge in [0.2, 0.25) is 0 Å². The number of allylic oxidation sites excluding steroid dienone is 1. The zero-order valence-corrected chi connectivity index (χ0v) is 10.4. The van der Waals surface area contributed by atoms with Crippen LogP contribution in [0.4, 0.5) is 0 Å². The van der Waals surface area contributed by atoms with Gasteiger partial charge in [0, 0.05) is 4.47 Å². The second kappa shape index (κ2) is 5.20. The predicted molar refractivity (Wildman–Crippen MR) is 63.8 cm³/mol. The van der Waals surface area contributed by atoms with Crippen molar-refractivity contribution in [2.75, 3.05) is 6.61 Å². The first kappa shape index (κ1) is 11.3. The third-order valence-electron chi connectivity index (χ3n) is 1.87. The minimum absolute atomic E-state index is 0.642. The van der Waals surface area contributed by atoms with Gasteiger partial charge in [-0.25, -0.2) is 0 Å². The van der Waals surface area contributed by atoms with Gasteiger partial charge in [-0.1, -0.05) is 21.5 Å². The lowest BCUT2D eigenvalue weighted by molar-refractivity contribution is 0.361. The van der Waals surface area contributed by atoms with Gasteiger partial charge in [0.25, 0.3) is 0 Å². The summed E-state index contributed by atoms with van der Waals surface area (Å²) in [6.07, 6.45) is 2.07. The Hall–Kier alpha value is -0.760. The van der Waals surface area contributed by atoms with Crippen molar-refractivity contribution < 1.29 is 4.74 Å². The van der Waals surface area contributed by atoms with E-state index in [-0.39, 0.29) is 0 Å². The Morgan fingerprint density at radius 2 is 2.14 bits per heavy atom. The van der Waals surface area contributed by atoms with Gasteiger partial charge in [-0.2, -0.15) is 0 Å². The fourth-order valence-electron chi connectivity index (χ4n) is 1.01. The van der Waals surface area contributed by atoms with E-state index in [9.17, 15) is 0 Å².